The number of likely N-dealkylation sites (tertiary alicyclic amines) is 1. The highest BCUT2D eigenvalue weighted by molar-refractivity contribution is 5.73. The molecule has 3 rings (SSSR count). The smallest absolute Gasteiger partial charge is 0.475 e. The number of rotatable bonds is 2. The van der Waals surface area contributed by atoms with E-state index < -0.39 is 36.1 Å². The van der Waals surface area contributed by atoms with E-state index in [1.165, 1.54) is 0 Å². The molecule has 2 atom stereocenters. The number of nitrogens with zero attached hydrogens (tertiary/aromatic N) is 2. The topological polar surface area (TPSA) is 90.7 Å². The Hall–Kier alpha value is -2.51. The summed E-state index contributed by atoms with van der Waals surface area (Å²) in [6.07, 6.45) is -5.89. The lowest BCUT2D eigenvalue weighted by atomic mass is 9.99. The van der Waals surface area contributed by atoms with Gasteiger partial charge in [0, 0.05) is 44.4 Å². The van der Waals surface area contributed by atoms with Gasteiger partial charge in [-0.15, -0.1) is 0 Å². The molecule has 0 bridgehead atoms. The fourth-order valence-electron chi connectivity index (χ4n) is 3.17. The number of hydrogen-bond acceptors (Lipinski definition) is 4. The first-order chi connectivity index (χ1) is 14.0. The van der Waals surface area contributed by atoms with Crippen molar-refractivity contribution in [2.75, 3.05) is 13.1 Å². The average Bonchev–Trinajstić information content (AvgIpc) is 3.15. The molecule has 0 aromatic carbocycles. The number of carbonyl (C=O) groups is 2. The predicted octanol–water partition coefficient (Wildman–Crippen LogP) is 3.83. The summed E-state index contributed by atoms with van der Waals surface area (Å²) in [6, 6.07) is 3.90. The third-order valence-corrected chi connectivity index (χ3v) is 4.55. The van der Waals surface area contributed by atoms with Crippen molar-refractivity contribution in [2.24, 2.45) is 11.8 Å². The molecule has 2 fully saturated rings. The van der Waals surface area contributed by atoms with Gasteiger partial charge in [-0.2, -0.15) is 26.3 Å². The Kier molecular flexibility index (Phi) is 8.73. The number of halogens is 8. The molecule has 0 unspecified atom stereocenters. The van der Waals surface area contributed by atoms with Crippen molar-refractivity contribution in [2.45, 2.75) is 37.7 Å². The van der Waals surface area contributed by atoms with E-state index in [-0.39, 0.29) is 12.3 Å². The number of carboxylic acids is 2. The van der Waals surface area contributed by atoms with Crippen molar-refractivity contribution < 1.29 is 54.9 Å². The van der Waals surface area contributed by atoms with Crippen LogP contribution in [0.1, 0.15) is 18.4 Å². The van der Waals surface area contributed by atoms with E-state index in [9.17, 15) is 35.1 Å². The standard InChI is InChI=1S/C13H16F2N2.2C2HF3O2/c14-13(15)4-1-11-8-17(9-12(11)13)7-10-2-5-16-6-3-10;2*3-2(4,5)1(6)7/h2-3,5-6,11-12H,1,4,7-9H2;2*(H,6,7)/t11-,12+;;/m1../s1. The molecular weight excluding hydrogens is 448 g/mol. The van der Waals surface area contributed by atoms with Crippen LogP contribution in [0.2, 0.25) is 0 Å². The van der Waals surface area contributed by atoms with Crippen LogP contribution in [0.5, 0.6) is 0 Å². The first-order valence-corrected chi connectivity index (χ1v) is 8.63. The largest absolute Gasteiger partial charge is 0.490 e. The second kappa shape index (κ2) is 10.2. The fraction of sp³-hybridized carbons (Fsp3) is 0.588. The summed E-state index contributed by atoms with van der Waals surface area (Å²) in [5, 5.41) is 14.2. The van der Waals surface area contributed by atoms with E-state index in [0.717, 1.165) is 18.7 Å². The molecule has 31 heavy (non-hydrogen) atoms. The van der Waals surface area contributed by atoms with Crippen LogP contribution in [-0.2, 0) is 16.1 Å². The Labute approximate surface area is 170 Å². The molecule has 1 aliphatic heterocycles. The summed E-state index contributed by atoms with van der Waals surface area (Å²) in [5.41, 5.74) is 1.16. The van der Waals surface area contributed by atoms with Crippen molar-refractivity contribution in [3.63, 3.8) is 0 Å². The third-order valence-electron chi connectivity index (χ3n) is 4.55. The van der Waals surface area contributed by atoms with Crippen molar-refractivity contribution in [3.05, 3.63) is 30.1 Å². The fourth-order valence-corrected chi connectivity index (χ4v) is 3.17. The SMILES string of the molecule is FC1(F)CC[C@@H]2CN(Cc3ccncc3)C[C@@H]21.O=C(O)C(F)(F)F.O=C(O)C(F)(F)F. The van der Waals surface area contributed by atoms with Gasteiger partial charge in [-0.25, -0.2) is 18.4 Å². The molecule has 1 aromatic rings. The minimum absolute atomic E-state index is 0.0887. The van der Waals surface area contributed by atoms with Crippen LogP contribution in [0.25, 0.3) is 0 Å². The number of alkyl halides is 8. The Morgan fingerprint density at radius 3 is 1.84 bits per heavy atom. The van der Waals surface area contributed by atoms with Crippen LogP contribution in [0.15, 0.2) is 24.5 Å². The lowest BCUT2D eigenvalue weighted by Crippen LogP contribution is -2.28. The molecule has 6 nitrogen and oxygen atoms in total. The average molecular weight is 466 g/mol. The Morgan fingerprint density at radius 1 is 1.00 bits per heavy atom. The number of carboxylic acid groups (broad SMARTS) is 2. The lowest BCUT2D eigenvalue weighted by Gasteiger charge is -2.20. The maximum Gasteiger partial charge on any atom is 0.490 e. The maximum absolute atomic E-state index is 13.6. The van der Waals surface area contributed by atoms with E-state index in [4.69, 9.17) is 19.8 Å². The minimum atomic E-state index is -5.08. The van der Waals surface area contributed by atoms with Crippen LogP contribution >= 0.6 is 0 Å². The Bertz CT molecular complexity index is 716. The van der Waals surface area contributed by atoms with Gasteiger partial charge in [-0.1, -0.05) is 0 Å². The molecule has 1 saturated carbocycles. The quantitative estimate of drug-likeness (QED) is 0.645. The normalized spacial score (nSPS) is 22.5. The van der Waals surface area contributed by atoms with Crippen molar-refractivity contribution >= 4 is 11.9 Å². The highest BCUT2D eigenvalue weighted by Crippen LogP contribution is 2.48. The number of aliphatic carboxylic acids is 2. The summed E-state index contributed by atoms with van der Waals surface area (Å²) in [7, 11) is 0. The zero-order chi connectivity index (χ0) is 24.0. The molecule has 0 spiro atoms. The van der Waals surface area contributed by atoms with E-state index in [1.54, 1.807) is 12.4 Å². The van der Waals surface area contributed by atoms with Crippen LogP contribution in [-0.4, -0.2) is 63.4 Å². The lowest BCUT2D eigenvalue weighted by molar-refractivity contribution is -0.193. The van der Waals surface area contributed by atoms with Gasteiger partial charge in [0.2, 0.25) is 0 Å². The summed E-state index contributed by atoms with van der Waals surface area (Å²) in [5.74, 6) is -8.16. The molecule has 0 amide bonds. The van der Waals surface area contributed by atoms with Crippen LogP contribution < -0.4 is 0 Å². The van der Waals surface area contributed by atoms with Gasteiger partial charge < -0.3 is 10.2 Å². The Morgan fingerprint density at radius 2 is 1.45 bits per heavy atom. The van der Waals surface area contributed by atoms with Gasteiger partial charge in [-0.3, -0.25) is 9.88 Å². The molecule has 1 aliphatic carbocycles. The van der Waals surface area contributed by atoms with E-state index in [0.29, 0.717) is 13.0 Å². The van der Waals surface area contributed by atoms with E-state index in [2.05, 4.69) is 9.88 Å². The van der Waals surface area contributed by atoms with E-state index >= 15 is 0 Å². The van der Waals surface area contributed by atoms with E-state index in [1.807, 2.05) is 12.1 Å². The van der Waals surface area contributed by atoms with Crippen molar-refractivity contribution in [1.82, 2.24) is 9.88 Å². The Balaban J connectivity index is 0.000000288. The second-order valence-electron chi connectivity index (χ2n) is 6.82. The summed E-state index contributed by atoms with van der Waals surface area (Å²) >= 11 is 0. The van der Waals surface area contributed by atoms with Crippen LogP contribution in [0, 0.1) is 11.8 Å². The van der Waals surface area contributed by atoms with Crippen LogP contribution in [0.4, 0.5) is 35.1 Å². The summed E-state index contributed by atoms with van der Waals surface area (Å²) in [6.45, 7) is 2.13. The molecule has 1 aromatic heterocycles. The minimum Gasteiger partial charge on any atom is -0.475 e. The monoisotopic (exact) mass is 466 g/mol. The zero-order valence-corrected chi connectivity index (χ0v) is 15.6. The van der Waals surface area contributed by atoms with Gasteiger partial charge in [0.05, 0.1) is 0 Å². The molecule has 176 valence electrons. The molecule has 1 saturated heterocycles. The predicted molar refractivity (Wildman–Crippen MR) is 88.1 cm³/mol. The summed E-state index contributed by atoms with van der Waals surface area (Å²) in [4.78, 5) is 23.9. The highest BCUT2D eigenvalue weighted by atomic mass is 19.4. The molecular formula is C17H18F8N2O4. The molecule has 2 heterocycles. The van der Waals surface area contributed by atoms with Crippen LogP contribution in [0.3, 0.4) is 0 Å². The first kappa shape index (κ1) is 26.5. The summed E-state index contributed by atoms with van der Waals surface area (Å²) < 4.78 is 90.6. The number of hydrogen-bond donors (Lipinski definition) is 2. The van der Waals surface area contributed by atoms with Crippen molar-refractivity contribution in [1.29, 1.82) is 0 Å². The number of aromatic nitrogens is 1. The van der Waals surface area contributed by atoms with Gasteiger partial charge in [-0.05, 0) is 30.0 Å². The number of pyridine rings is 1. The molecule has 0 radical (unpaired) electrons. The van der Waals surface area contributed by atoms with Gasteiger partial charge in [0.25, 0.3) is 5.92 Å². The molecule has 2 aliphatic rings. The van der Waals surface area contributed by atoms with Crippen molar-refractivity contribution in [3.8, 4) is 0 Å². The maximum atomic E-state index is 13.6. The highest BCUT2D eigenvalue weighted by Gasteiger charge is 2.53. The first-order valence-electron chi connectivity index (χ1n) is 8.63. The second-order valence-corrected chi connectivity index (χ2v) is 6.82. The van der Waals surface area contributed by atoms with Gasteiger partial charge in [0.15, 0.2) is 0 Å². The van der Waals surface area contributed by atoms with Gasteiger partial charge >= 0.3 is 24.3 Å². The van der Waals surface area contributed by atoms with Gasteiger partial charge in [0.1, 0.15) is 0 Å². The zero-order valence-electron chi connectivity index (χ0n) is 15.6. The number of fused-ring (bicyclic) bond motifs is 1. The third kappa shape index (κ3) is 8.63. The molecule has 14 heteroatoms. The molecule has 2 N–H and O–H groups in total.